The molecule has 0 spiro atoms. The lowest BCUT2D eigenvalue weighted by molar-refractivity contribution is 0.194. The maximum Gasteiger partial charge on any atom is 0.317 e. The molecule has 0 rings (SSSR count). The van der Waals surface area contributed by atoms with E-state index in [1.807, 2.05) is 21.0 Å². The molecule has 0 saturated carbocycles. The van der Waals surface area contributed by atoms with Gasteiger partial charge in [0.05, 0.1) is 0 Å². The second-order valence-corrected chi connectivity index (χ2v) is 5.07. The Hall–Kier alpha value is -0.770. The van der Waals surface area contributed by atoms with Crippen molar-refractivity contribution in [3.63, 3.8) is 0 Å². The Labute approximate surface area is 93.6 Å². The van der Waals surface area contributed by atoms with Gasteiger partial charge in [-0.25, -0.2) is 4.79 Å². The standard InChI is InChI=1S/C11H25N3O/c1-7-14(6)10(15)12-8-11(2,3)9-13(4)5/h7-9H2,1-6H3,(H,12,15). The Morgan fingerprint density at radius 2 is 1.80 bits per heavy atom. The Balaban J connectivity index is 3.98. The van der Waals surface area contributed by atoms with Crippen LogP contribution in [0.25, 0.3) is 0 Å². The molecular weight excluding hydrogens is 190 g/mol. The van der Waals surface area contributed by atoms with Crippen molar-refractivity contribution < 1.29 is 4.79 Å². The first-order valence-corrected chi connectivity index (χ1v) is 5.42. The topological polar surface area (TPSA) is 35.6 Å². The fraction of sp³-hybridized carbons (Fsp3) is 0.909. The van der Waals surface area contributed by atoms with Crippen molar-refractivity contribution in [3.05, 3.63) is 0 Å². The van der Waals surface area contributed by atoms with Crippen LogP contribution < -0.4 is 5.32 Å². The fourth-order valence-electron chi connectivity index (χ4n) is 1.51. The number of amides is 2. The zero-order chi connectivity index (χ0) is 12.1. The van der Waals surface area contributed by atoms with Gasteiger partial charge < -0.3 is 15.1 Å². The van der Waals surface area contributed by atoms with Crippen molar-refractivity contribution in [1.29, 1.82) is 0 Å². The van der Waals surface area contributed by atoms with Crippen LogP contribution in [0, 0.1) is 5.41 Å². The highest BCUT2D eigenvalue weighted by Gasteiger charge is 2.20. The summed E-state index contributed by atoms with van der Waals surface area (Å²) < 4.78 is 0. The van der Waals surface area contributed by atoms with Gasteiger partial charge in [-0.15, -0.1) is 0 Å². The Morgan fingerprint density at radius 3 is 2.20 bits per heavy atom. The number of nitrogens with one attached hydrogen (secondary N) is 1. The highest BCUT2D eigenvalue weighted by molar-refractivity contribution is 5.73. The molecule has 0 aromatic carbocycles. The Morgan fingerprint density at radius 1 is 1.27 bits per heavy atom. The van der Waals surface area contributed by atoms with Crippen molar-refractivity contribution in [2.75, 3.05) is 40.8 Å². The van der Waals surface area contributed by atoms with Crippen LogP contribution >= 0.6 is 0 Å². The van der Waals surface area contributed by atoms with Gasteiger partial charge in [-0.05, 0) is 26.4 Å². The predicted molar refractivity (Wildman–Crippen MR) is 64.0 cm³/mol. The molecule has 0 atom stereocenters. The van der Waals surface area contributed by atoms with E-state index in [1.54, 1.807) is 11.9 Å². The van der Waals surface area contributed by atoms with Crippen LogP contribution in [0.5, 0.6) is 0 Å². The lowest BCUT2D eigenvalue weighted by atomic mass is 9.93. The summed E-state index contributed by atoms with van der Waals surface area (Å²) in [6, 6.07) is 0.00401. The Kier molecular flexibility index (Phi) is 5.65. The number of rotatable bonds is 5. The number of hydrogen-bond donors (Lipinski definition) is 1. The van der Waals surface area contributed by atoms with Gasteiger partial charge in [-0.3, -0.25) is 0 Å². The maximum atomic E-state index is 11.5. The van der Waals surface area contributed by atoms with Crippen molar-refractivity contribution in [1.82, 2.24) is 15.1 Å². The van der Waals surface area contributed by atoms with Gasteiger partial charge in [0.1, 0.15) is 0 Å². The fourth-order valence-corrected chi connectivity index (χ4v) is 1.51. The van der Waals surface area contributed by atoms with Crippen molar-refractivity contribution in [2.24, 2.45) is 5.41 Å². The molecule has 0 fully saturated rings. The molecular formula is C11H25N3O. The summed E-state index contributed by atoms with van der Waals surface area (Å²) in [5.41, 5.74) is 0.105. The van der Waals surface area contributed by atoms with Gasteiger partial charge in [0.15, 0.2) is 0 Å². The first-order chi connectivity index (χ1) is 6.78. The Bertz CT molecular complexity index is 202. The summed E-state index contributed by atoms with van der Waals surface area (Å²) in [5.74, 6) is 0. The molecule has 0 aliphatic carbocycles. The van der Waals surface area contributed by atoms with Crippen LogP contribution in [0.2, 0.25) is 0 Å². The average molecular weight is 215 g/mol. The van der Waals surface area contributed by atoms with E-state index < -0.39 is 0 Å². The lowest BCUT2D eigenvalue weighted by Gasteiger charge is -2.29. The lowest BCUT2D eigenvalue weighted by Crippen LogP contribution is -2.44. The number of hydrogen-bond acceptors (Lipinski definition) is 2. The molecule has 0 aromatic heterocycles. The summed E-state index contributed by atoms with van der Waals surface area (Å²) in [6.45, 7) is 8.67. The molecule has 0 aliphatic rings. The highest BCUT2D eigenvalue weighted by Crippen LogP contribution is 2.14. The molecule has 0 heterocycles. The summed E-state index contributed by atoms with van der Waals surface area (Å²) in [5, 5.41) is 2.94. The second-order valence-electron chi connectivity index (χ2n) is 5.07. The van der Waals surface area contributed by atoms with E-state index in [2.05, 4.69) is 24.1 Å². The number of carbonyl (C=O) groups is 1. The van der Waals surface area contributed by atoms with E-state index >= 15 is 0 Å². The monoisotopic (exact) mass is 215 g/mol. The zero-order valence-electron chi connectivity index (χ0n) is 10.9. The van der Waals surface area contributed by atoms with Crippen LogP contribution in [0.3, 0.4) is 0 Å². The van der Waals surface area contributed by atoms with E-state index in [0.29, 0.717) is 6.54 Å². The minimum atomic E-state index is 0.00401. The van der Waals surface area contributed by atoms with Gasteiger partial charge >= 0.3 is 6.03 Å². The van der Waals surface area contributed by atoms with Gasteiger partial charge in [-0.2, -0.15) is 0 Å². The molecule has 0 aliphatic heterocycles. The molecule has 4 nitrogen and oxygen atoms in total. The maximum absolute atomic E-state index is 11.5. The summed E-state index contributed by atoms with van der Waals surface area (Å²) in [6.07, 6.45) is 0. The molecule has 0 radical (unpaired) electrons. The molecule has 2 amide bonds. The number of carbonyl (C=O) groups excluding carboxylic acids is 1. The normalized spacial score (nSPS) is 11.7. The third kappa shape index (κ3) is 6.33. The molecule has 0 aromatic rings. The van der Waals surface area contributed by atoms with Crippen molar-refractivity contribution in [3.8, 4) is 0 Å². The molecule has 90 valence electrons. The largest absolute Gasteiger partial charge is 0.337 e. The number of nitrogens with zero attached hydrogens (tertiary/aromatic N) is 2. The summed E-state index contributed by atoms with van der Waals surface area (Å²) in [4.78, 5) is 15.3. The molecule has 0 bridgehead atoms. The minimum absolute atomic E-state index is 0.00401. The van der Waals surface area contributed by atoms with Gasteiger partial charge in [0.25, 0.3) is 0 Å². The highest BCUT2D eigenvalue weighted by atomic mass is 16.2. The molecule has 0 saturated heterocycles. The summed E-state index contributed by atoms with van der Waals surface area (Å²) in [7, 11) is 5.89. The molecule has 1 N–H and O–H groups in total. The van der Waals surface area contributed by atoms with Crippen molar-refractivity contribution >= 4 is 6.03 Å². The van der Waals surface area contributed by atoms with E-state index in [0.717, 1.165) is 13.1 Å². The zero-order valence-corrected chi connectivity index (χ0v) is 10.9. The van der Waals surface area contributed by atoms with E-state index in [1.165, 1.54) is 0 Å². The summed E-state index contributed by atoms with van der Waals surface area (Å²) >= 11 is 0. The minimum Gasteiger partial charge on any atom is -0.337 e. The second kappa shape index (κ2) is 5.95. The number of urea groups is 1. The van der Waals surface area contributed by atoms with E-state index in [9.17, 15) is 4.79 Å². The van der Waals surface area contributed by atoms with Crippen LogP contribution in [0.15, 0.2) is 0 Å². The first-order valence-electron chi connectivity index (χ1n) is 5.42. The predicted octanol–water partition coefficient (Wildman–Crippen LogP) is 1.24. The first kappa shape index (κ1) is 14.2. The molecule has 4 heteroatoms. The third-order valence-corrected chi connectivity index (χ3v) is 2.28. The molecule has 0 unspecified atom stereocenters. The van der Waals surface area contributed by atoms with Crippen molar-refractivity contribution in [2.45, 2.75) is 20.8 Å². The van der Waals surface area contributed by atoms with Crippen LogP contribution in [0.4, 0.5) is 4.79 Å². The van der Waals surface area contributed by atoms with Crippen LogP contribution in [-0.2, 0) is 0 Å². The smallest absolute Gasteiger partial charge is 0.317 e. The van der Waals surface area contributed by atoms with E-state index in [-0.39, 0.29) is 11.4 Å². The SMILES string of the molecule is CCN(C)C(=O)NCC(C)(C)CN(C)C. The van der Waals surface area contributed by atoms with Crippen LogP contribution in [-0.4, -0.2) is 56.6 Å². The van der Waals surface area contributed by atoms with Gasteiger partial charge in [-0.1, -0.05) is 13.8 Å². The van der Waals surface area contributed by atoms with Gasteiger partial charge in [0.2, 0.25) is 0 Å². The van der Waals surface area contributed by atoms with Crippen LogP contribution in [0.1, 0.15) is 20.8 Å². The van der Waals surface area contributed by atoms with Gasteiger partial charge in [0, 0.05) is 26.7 Å². The third-order valence-electron chi connectivity index (χ3n) is 2.28. The average Bonchev–Trinajstić information content (AvgIpc) is 2.11. The van der Waals surface area contributed by atoms with E-state index in [4.69, 9.17) is 0 Å². The quantitative estimate of drug-likeness (QED) is 0.749. The molecule has 15 heavy (non-hydrogen) atoms.